The monoisotopic (exact) mass is 437 g/mol. The van der Waals surface area contributed by atoms with Gasteiger partial charge in [0.05, 0.1) is 19.4 Å². The van der Waals surface area contributed by atoms with Gasteiger partial charge in [-0.05, 0) is 48.0 Å². The third kappa shape index (κ3) is 4.67. The summed E-state index contributed by atoms with van der Waals surface area (Å²) in [7, 11) is 0. The van der Waals surface area contributed by atoms with E-state index in [1.54, 1.807) is 18.3 Å². The number of hydrazone groups is 1. The molecule has 0 bridgehead atoms. The molecule has 0 radical (unpaired) electrons. The lowest BCUT2D eigenvalue weighted by Crippen LogP contribution is -2.37. The lowest BCUT2D eigenvalue weighted by Gasteiger charge is -2.27. The number of nitrogens with one attached hydrogen (secondary N) is 2. The highest BCUT2D eigenvalue weighted by Gasteiger charge is 2.17. The summed E-state index contributed by atoms with van der Waals surface area (Å²) in [6, 6.07) is 11.5. The average molecular weight is 437 g/mol. The van der Waals surface area contributed by atoms with Gasteiger partial charge in [0.1, 0.15) is 5.82 Å². The summed E-state index contributed by atoms with van der Waals surface area (Å²) in [5.74, 6) is 2.14. The van der Waals surface area contributed by atoms with E-state index in [-0.39, 0.29) is 18.6 Å². The van der Waals surface area contributed by atoms with Gasteiger partial charge < -0.3 is 24.4 Å². The molecule has 0 unspecified atom stereocenters. The number of fused-ring (bicyclic) bond motifs is 1. The van der Waals surface area contributed by atoms with Crippen LogP contribution >= 0.6 is 0 Å². The molecule has 0 amide bonds. The summed E-state index contributed by atoms with van der Waals surface area (Å²) in [5.41, 5.74) is 4.33. The molecular formula is C21H20FN7O3. The van der Waals surface area contributed by atoms with Crippen molar-refractivity contribution < 1.29 is 18.6 Å². The Morgan fingerprint density at radius 2 is 1.72 bits per heavy atom. The van der Waals surface area contributed by atoms with Crippen LogP contribution in [0, 0.1) is 5.82 Å². The van der Waals surface area contributed by atoms with Crippen LogP contribution in [0.15, 0.2) is 47.6 Å². The van der Waals surface area contributed by atoms with Gasteiger partial charge in [0.2, 0.25) is 24.6 Å². The van der Waals surface area contributed by atoms with Crippen molar-refractivity contribution in [2.24, 2.45) is 5.10 Å². The van der Waals surface area contributed by atoms with Crippen molar-refractivity contribution >= 4 is 29.7 Å². The van der Waals surface area contributed by atoms with Crippen LogP contribution in [0.2, 0.25) is 0 Å². The van der Waals surface area contributed by atoms with Crippen molar-refractivity contribution in [3.05, 3.63) is 53.8 Å². The van der Waals surface area contributed by atoms with E-state index in [9.17, 15) is 4.39 Å². The third-order valence-corrected chi connectivity index (χ3v) is 4.79. The van der Waals surface area contributed by atoms with E-state index in [1.807, 2.05) is 23.1 Å². The average Bonchev–Trinajstić information content (AvgIpc) is 3.29. The highest BCUT2D eigenvalue weighted by molar-refractivity contribution is 5.81. The maximum Gasteiger partial charge on any atom is 0.250 e. The summed E-state index contributed by atoms with van der Waals surface area (Å²) in [5, 5.41) is 7.32. The first kappa shape index (κ1) is 19.9. The van der Waals surface area contributed by atoms with Gasteiger partial charge in [-0.3, -0.25) is 0 Å². The molecule has 1 fully saturated rings. The molecule has 1 saturated heterocycles. The molecule has 2 aliphatic heterocycles. The number of ether oxygens (including phenoxy) is 3. The van der Waals surface area contributed by atoms with E-state index in [0.29, 0.717) is 55.4 Å². The topological polar surface area (TPSA) is 106 Å². The number of morpholine rings is 1. The second kappa shape index (κ2) is 9.02. The van der Waals surface area contributed by atoms with E-state index >= 15 is 0 Å². The van der Waals surface area contributed by atoms with Crippen LogP contribution in [0.4, 0.5) is 27.9 Å². The molecule has 164 valence electrons. The third-order valence-electron chi connectivity index (χ3n) is 4.79. The van der Waals surface area contributed by atoms with Gasteiger partial charge in [-0.1, -0.05) is 0 Å². The van der Waals surface area contributed by atoms with Crippen molar-refractivity contribution in [1.29, 1.82) is 0 Å². The molecule has 0 saturated carbocycles. The molecule has 0 atom stereocenters. The van der Waals surface area contributed by atoms with E-state index in [1.165, 1.54) is 12.1 Å². The standard InChI is InChI=1S/C21H20FN7O3/c22-15-2-4-16(5-3-15)24-19-25-20(27-21(26-19)29-7-9-30-10-8-29)28-23-12-14-1-6-17-18(11-14)32-13-31-17/h1-6,11-12H,7-10,13H2,(H2,24,25,26,27,28)/b23-12+. The number of anilines is 4. The number of nitrogens with zero attached hydrogens (tertiary/aromatic N) is 5. The van der Waals surface area contributed by atoms with Crippen molar-refractivity contribution in [2.75, 3.05) is 48.7 Å². The second-order valence-electron chi connectivity index (χ2n) is 7.00. The molecule has 3 heterocycles. The summed E-state index contributed by atoms with van der Waals surface area (Å²) in [6.45, 7) is 2.74. The first-order valence-corrected chi connectivity index (χ1v) is 10.0. The van der Waals surface area contributed by atoms with Crippen molar-refractivity contribution in [3.63, 3.8) is 0 Å². The van der Waals surface area contributed by atoms with Gasteiger partial charge >= 0.3 is 0 Å². The Morgan fingerprint density at radius 3 is 2.56 bits per heavy atom. The first-order chi connectivity index (χ1) is 15.7. The number of hydrogen-bond acceptors (Lipinski definition) is 10. The molecule has 2 aromatic carbocycles. The summed E-state index contributed by atoms with van der Waals surface area (Å²) in [6.07, 6.45) is 1.63. The maximum absolute atomic E-state index is 13.2. The second-order valence-corrected chi connectivity index (χ2v) is 7.00. The predicted octanol–water partition coefficient (Wildman–Crippen LogP) is 2.77. The molecule has 32 heavy (non-hydrogen) atoms. The van der Waals surface area contributed by atoms with Gasteiger partial charge in [0.25, 0.3) is 0 Å². The number of halogens is 1. The minimum absolute atomic E-state index is 0.215. The Morgan fingerprint density at radius 1 is 0.938 bits per heavy atom. The van der Waals surface area contributed by atoms with E-state index in [4.69, 9.17) is 14.2 Å². The first-order valence-electron chi connectivity index (χ1n) is 10.0. The molecular weight excluding hydrogens is 417 g/mol. The van der Waals surface area contributed by atoms with Gasteiger partial charge in [-0.15, -0.1) is 0 Å². The molecule has 0 aliphatic carbocycles. The van der Waals surface area contributed by atoms with Gasteiger partial charge in [-0.2, -0.15) is 20.1 Å². The van der Waals surface area contributed by atoms with E-state index in [2.05, 4.69) is 30.8 Å². The molecule has 2 aliphatic rings. The van der Waals surface area contributed by atoms with Gasteiger partial charge in [-0.25, -0.2) is 9.82 Å². The fourth-order valence-electron chi connectivity index (χ4n) is 3.20. The minimum Gasteiger partial charge on any atom is -0.454 e. The van der Waals surface area contributed by atoms with E-state index in [0.717, 1.165) is 5.56 Å². The lowest BCUT2D eigenvalue weighted by atomic mass is 10.2. The fourth-order valence-corrected chi connectivity index (χ4v) is 3.20. The zero-order valence-electron chi connectivity index (χ0n) is 17.0. The molecule has 3 aromatic rings. The Labute approximate surface area is 183 Å². The molecule has 1 aromatic heterocycles. The lowest BCUT2D eigenvalue weighted by molar-refractivity contribution is 0.122. The molecule has 10 nitrogen and oxygen atoms in total. The Hall–Kier alpha value is -3.99. The Kier molecular flexibility index (Phi) is 5.62. The molecule has 2 N–H and O–H groups in total. The number of aromatic nitrogens is 3. The van der Waals surface area contributed by atoms with Crippen LogP contribution in [-0.4, -0.2) is 54.3 Å². The van der Waals surface area contributed by atoms with Crippen molar-refractivity contribution in [1.82, 2.24) is 15.0 Å². The van der Waals surface area contributed by atoms with Crippen LogP contribution in [0.3, 0.4) is 0 Å². The van der Waals surface area contributed by atoms with Gasteiger partial charge in [0.15, 0.2) is 11.5 Å². The Bertz CT molecular complexity index is 1120. The van der Waals surface area contributed by atoms with Crippen molar-refractivity contribution in [3.8, 4) is 11.5 Å². The normalized spacial score (nSPS) is 15.2. The van der Waals surface area contributed by atoms with Crippen LogP contribution in [0.1, 0.15) is 5.56 Å². The van der Waals surface area contributed by atoms with Crippen LogP contribution < -0.4 is 25.1 Å². The van der Waals surface area contributed by atoms with Crippen LogP contribution in [0.25, 0.3) is 0 Å². The fraction of sp³-hybridized carbons (Fsp3) is 0.238. The largest absolute Gasteiger partial charge is 0.454 e. The summed E-state index contributed by atoms with van der Waals surface area (Å²) in [4.78, 5) is 15.4. The van der Waals surface area contributed by atoms with Crippen LogP contribution in [0.5, 0.6) is 11.5 Å². The number of hydrogen-bond donors (Lipinski definition) is 2. The Balaban J connectivity index is 1.36. The quantitative estimate of drug-likeness (QED) is 0.445. The van der Waals surface area contributed by atoms with E-state index < -0.39 is 0 Å². The smallest absolute Gasteiger partial charge is 0.250 e. The van der Waals surface area contributed by atoms with Crippen LogP contribution in [-0.2, 0) is 4.74 Å². The summed E-state index contributed by atoms with van der Waals surface area (Å²) < 4.78 is 29.3. The highest BCUT2D eigenvalue weighted by atomic mass is 19.1. The molecule has 0 spiro atoms. The van der Waals surface area contributed by atoms with Crippen molar-refractivity contribution in [2.45, 2.75) is 0 Å². The number of benzene rings is 2. The minimum atomic E-state index is -0.319. The maximum atomic E-state index is 13.2. The zero-order chi connectivity index (χ0) is 21.8. The SMILES string of the molecule is Fc1ccc(Nc2nc(N/N=C/c3ccc4c(c3)OCO4)nc(N3CCOCC3)n2)cc1. The summed E-state index contributed by atoms with van der Waals surface area (Å²) >= 11 is 0. The zero-order valence-corrected chi connectivity index (χ0v) is 17.0. The highest BCUT2D eigenvalue weighted by Crippen LogP contribution is 2.32. The van der Waals surface area contributed by atoms with Gasteiger partial charge in [0, 0.05) is 18.8 Å². The molecule has 11 heteroatoms. The predicted molar refractivity (Wildman–Crippen MR) is 116 cm³/mol. The number of rotatable bonds is 6. The molecule has 5 rings (SSSR count).